The van der Waals surface area contributed by atoms with Gasteiger partial charge in [-0.2, -0.15) is 0 Å². The van der Waals surface area contributed by atoms with Gasteiger partial charge in [0.2, 0.25) is 0 Å². The molecule has 0 fully saturated rings. The number of methoxy groups -OCH3 is 1. The largest absolute Gasteiger partial charge is 0.491 e. The normalized spacial score (nSPS) is 10.1. The van der Waals surface area contributed by atoms with Gasteiger partial charge in [0.1, 0.15) is 12.4 Å². The molecule has 0 atom stereocenters. The summed E-state index contributed by atoms with van der Waals surface area (Å²) in [7, 11) is 1.38. The predicted octanol–water partition coefficient (Wildman–Crippen LogP) is 3.58. The van der Waals surface area contributed by atoms with Crippen molar-refractivity contribution in [2.75, 3.05) is 25.6 Å². The molecule has 0 saturated carbocycles. The minimum atomic E-state index is -0.342. The summed E-state index contributed by atoms with van der Waals surface area (Å²) in [5, 5.41) is 3.26. The van der Waals surface area contributed by atoms with Gasteiger partial charge in [0.15, 0.2) is 0 Å². The molecule has 0 amide bonds. The predicted molar refractivity (Wildman–Crippen MR) is 87.7 cm³/mol. The molecule has 0 saturated heterocycles. The lowest BCUT2D eigenvalue weighted by atomic mass is 10.1. The molecule has 1 N–H and O–H groups in total. The molecule has 116 valence electrons. The van der Waals surface area contributed by atoms with Gasteiger partial charge in [0, 0.05) is 6.54 Å². The van der Waals surface area contributed by atoms with Gasteiger partial charge in [0.05, 0.1) is 18.4 Å². The quantitative estimate of drug-likeness (QED) is 0.654. The number of esters is 1. The van der Waals surface area contributed by atoms with Crippen molar-refractivity contribution in [2.45, 2.75) is 13.8 Å². The van der Waals surface area contributed by atoms with E-state index in [0.717, 1.165) is 22.6 Å². The van der Waals surface area contributed by atoms with Crippen LogP contribution in [0.5, 0.6) is 5.75 Å². The first kappa shape index (κ1) is 15.9. The van der Waals surface area contributed by atoms with Crippen molar-refractivity contribution in [1.29, 1.82) is 0 Å². The van der Waals surface area contributed by atoms with E-state index in [9.17, 15) is 4.79 Å². The minimum Gasteiger partial charge on any atom is -0.491 e. The average molecular weight is 299 g/mol. The van der Waals surface area contributed by atoms with Crippen LogP contribution in [0.2, 0.25) is 0 Å². The lowest BCUT2D eigenvalue weighted by molar-refractivity contribution is 0.0601. The standard InChI is InChI=1S/C18H21NO3/c1-13-7-4-5-10-16(13)22-12-11-19-17-14(2)8-6-9-15(17)18(20)21-3/h4-10,19H,11-12H2,1-3H3. The van der Waals surface area contributed by atoms with E-state index >= 15 is 0 Å². The molecule has 22 heavy (non-hydrogen) atoms. The molecular weight excluding hydrogens is 278 g/mol. The Kier molecular flexibility index (Phi) is 5.42. The molecule has 0 aromatic heterocycles. The fraction of sp³-hybridized carbons (Fsp3) is 0.278. The second-order valence-electron chi connectivity index (χ2n) is 5.03. The maximum absolute atomic E-state index is 11.8. The summed E-state index contributed by atoms with van der Waals surface area (Å²) in [4.78, 5) is 11.8. The maximum atomic E-state index is 11.8. The molecule has 0 aliphatic carbocycles. The Morgan fingerprint density at radius 2 is 1.77 bits per heavy atom. The SMILES string of the molecule is COC(=O)c1cccc(C)c1NCCOc1ccccc1C. The van der Waals surface area contributed by atoms with Crippen LogP contribution < -0.4 is 10.1 Å². The second kappa shape index (κ2) is 7.50. The topological polar surface area (TPSA) is 47.6 Å². The van der Waals surface area contributed by atoms with Crippen LogP contribution in [0.3, 0.4) is 0 Å². The number of nitrogens with one attached hydrogen (secondary N) is 1. The van der Waals surface area contributed by atoms with Gasteiger partial charge in [-0.25, -0.2) is 4.79 Å². The van der Waals surface area contributed by atoms with E-state index < -0.39 is 0 Å². The van der Waals surface area contributed by atoms with Crippen molar-refractivity contribution >= 4 is 11.7 Å². The molecule has 0 unspecified atom stereocenters. The summed E-state index contributed by atoms with van der Waals surface area (Å²) in [5.41, 5.74) is 3.44. The van der Waals surface area contributed by atoms with Crippen LogP contribution in [-0.4, -0.2) is 26.2 Å². The molecule has 2 rings (SSSR count). The monoisotopic (exact) mass is 299 g/mol. The molecule has 0 aliphatic rings. The Morgan fingerprint density at radius 3 is 2.50 bits per heavy atom. The first-order chi connectivity index (χ1) is 10.6. The van der Waals surface area contributed by atoms with Crippen LogP contribution >= 0.6 is 0 Å². The number of rotatable bonds is 6. The molecule has 2 aromatic carbocycles. The third kappa shape index (κ3) is 3.79. The molecule has 2 aromatic rings. The Bertz CT molecular complexity index is 653. The summed E-state index contributed by atoms with van der Waals surface area (Å²) >= 11 is 0. The minimum absolute atomic E-state index is 0.342. The number of hydrogen-bond acceptors (Lipinski definition) is 4. The van der Waals surface area contributed by atoms with Crippen molar-refractivity contribution in [3.8, 4) is 5.75 Å². The van der Waals surface area contributed by atoms with Crippen LogP contribution in [0.1, 0.15) is 21.5 Å². The van der Waals surface area contributed by atoms with Gasteiger partial charge in [-0.3, -0.25) is 0 Å². The molecule has 4 heteroatoms. The molecule has 0 spiro atoms. The number of benzene rings is 2. The van der Waals surface area contributed by atoms with Crippen molar-refractivity contribution in [3.05, 3.63) is 59.2 Å². The molecule has 0 heterocycles. The lowest BCUT2D eigenvalue weighted by Gasteiger charge is -2.14. The zero-order chi connectivity index (χ0) is 15.9. The van der Waals surface area contributed by atoms with Crippen molar-refractivity contribution < 1.29 is 14.3 Å². The van der Waals surface area contributed by atoms with Crippen LogP contribution in [0, 0.1) is 13.8 Å². The van der Waals surface area contributed by atoms with E-state index in [1.165, 1.54) is 7.11 Å². The third-order valence-electron chi connectivity index (χ3n) is 3.43. The van der Waals surface area contributed by atoms with E-state index in [2.05, 4.69) is 5.32 Å². The Balaban J connectivity index is 1.97. The first-order valence-electron chi connectivity index (χ1n) is 7.23. The number of aryl methyl sites for hydroxylation is 2. The lowest BCUT2D eigenvalue weighted by Crippen LogP contribution is -2.15. The highest BCUT2D eigenvalue weighted by Gasteiger charge is 2.13. The number of para-hydroxylation sites is 2. The van der Waals surface area contributed by atoms with E-state index in [1.54, 1.807) is 6.07 Å². The zero-order valence-electron chi connectivity index (χ0n) is 13.2. The van der Waals surface area contributed by atoms with E-state index in [1.807, 2.05) is 50.2 Å². The number of ether oxygens (including phenoxy) is 2. The highest BCUT2D eigenvalue weighted by atomic mass is 16.5. The van der Waals surface area contributed by atoms with Crippen molar-refractivity contribution in [1.82, 2.24) is 0 Å². The van der Waals surface area contributed by atoms with Crippen LogP contribution in [0.15, 0.2) is 42.5 Å². The molecular formula is C18H21NO3. The summed E-state index contributed by atoms with van der Waals surface area (Å²) in [6.07, 6.45) is 0. The van der Waals surface area contributed by atoms with Gasteiger partial charge in [0.25, 0.3) is 0 Å². The van der Waals surface area contributed by atoms with Gasteiger partial charge in [-0.15, -0.1) is 0 Å². The van der Waals surface area contributed by atoms with Gasteiger partial charge in [-0.05, 0) is 37.1 Å². The van der Waals surface area contributed by atoms with Gasteiger partial charge >= 0.3 is 5.97 Å². The zero-order valence-corrected chi connectivity index (χ0v) is 13.2. The van der Waals surface area contributed by atoms with Crippen LogP contribution in [-0.2, 0) is 4.74 Å². The van der Waals surface area contributed by atoms with Crippen LogP contribution in [0.25, 0.3) is 0 Å². The summed E-state index contributed by atoms with van der Waals surface area (Å²) in [6.45, 7) is 5.08. The van der Waals surface area contributed by atoms with Gasteiger partial charge < -0.3 is 14.8 Å². The van der Waals surface area contributed by atoms with E-state index in [-0.39, 0.29) is 5.97 Å². The number of anilines is 1. The summed E-state index contributed by atoms with van der Waals surface area (Å²) in [6, 6.07) is 13.4. The van der Waals surface area contributed by atoms with Gasteiger partial charge in [-0.1, -0.05) is 30.3 Å². The summed E-state index contributed by atoms with van der Waals surface area (Å²) in [5.74, 6) is 0.535. The number of carbonyl (C=O) groups is 1. The average Bonchev–Trinajstić information content (AvgIpc) is 2.53. The summed E-state index contributed by atoms with van der Waals surface area (Å²) < 4.78 is 10.6. The second-order valence-corrected chi connectivity index (χ2v) is 5.03. The highest BCUT2D eigenvalue weighted by Crippen LogP contribution is 2.21. The van der Waals surface area contributed by atoms with Crippen molar-refractivity contribution in [2.24, 2.45) is 0 Å². The molecule has 0 aliphatic heterocycles. The third-order valence-corrected chi connectivity index (χ3v) is 3.43. The molecule has 0 bridgehead atoms. The van der Waals surface area contributed by atoms with E-state index in [0.29, 0.717) is 18.7 Å². The number of carbonyl (C=O) groups excluding carboxylic acids is 1. The first-order valence-corrected chi connectivity index (χ1v) is 7.23. The molecule has 4 nitrogen and oxygen atoms in total. The van der Waals surface area contributed by atoms with Crippen LogP contribution in [0.4, 0.5) is 5.69 Å². The Morgan fingerprint density at radius 1 is 1.05 bits per heavy atom. The Hall–Kier alpha value is -2.49. The molecule has 0 radical (unpaired) electrons. The Labute approximate surface area is 131 Å². The fourth-order valence-electron chi connectivity index (χ4n) is 2.24. The smallest absolute Gasteiger partial charge is 0.339 e. The fourth-order valence-corrected chi connectivity index (χ4v) is 2.24. The van der Waals surface area contributed by atoms with E-state index in [4.69, 9.17) is 9.47 Å². The number of hydrogen-bond donors (Lipinski definition) is 1. The highest BCUT2D eigenvalue weighted by molar-refractivity contribution is 5.96. The van der Waals surface area contributed by atoms with Crippen molar-refractivity contribution in [3.63, 3.8) is 0 Å². The maximum Gasteiger partial charge on any atom is 0.339 e.